The lowest BCUT2D eigenvalue weighted by Crippen LogP contribution is -2.07. The van der Waals surface area contributed by atoms with Crippen molar-refractivity contribution in [2.45, 2.75) is 0 Å². The second kappa shape index (κ2) is 22.3. The molecule has 3 aliphatic rings. The van der Waals surface area contributed by atoms with Crippen LogP contribution in [0.3, 0.4) is 0 Å². The number of benzene rings is 5. The van der Waals surface area contributed by atoms with Crippen molar-refractivity contribution >= 4 is 57.0 Å². The van der Waals surface area contributed by atoms with Crippen LogP contribution in [0.5, 0.6) is 0 Å². The molecule has 0 atom stereocenters. The van der Waals surface area contributed by atoms with E-state index >= 15 is 132 Å². The number of hydrogen-bond donors (Lipinski definition) is 2. The first-order chi connectivity index (χ1) is 44.3. The fraction of sp³-hybridized carbons (Fsp3) is 0. The fourth-order valence-corrected chi connectivity index (χ4v) is 9.76. The molecule has 0 fully saturated rings. The van der Waals surface area contributed by atoms with Gasteiger partial charge < -0.3 is 9.97 Å². The molecule has 0 saturated carbocycles. The van der Waals surface area contributed by atoms with Crippen molar-refractivity contribution in [2.24, 2.45) is 0 Å². The van der Waals surface area contributed by atoms with E-state index in [0.717, 1.165) is 9.97 Å². The molecule has 5 aromatic carbocycles. The minimum atomic E-state index is -3.55. The maximum absolute atomic E-state index is 17.1. The topological polar surface area (TPSA) is 70.2 Å². The first-order valence-corrected chi connectivity index (χ1v) is 24.0. The Bertz CT molecular complexity index is 4940. The van der Waals surface area contributed by atoms with Crippen LogP contribution in [0, 0.1) is 169 Å². The Morgan fingerprint density at radius 1 is 0.126 bits per heavy atom. The molecular weight excluding hydrogens is 1400 g/mol. The minimum Gasteiger partial charge on any atom is -0.349 e. The summed E-state index contributed by atoms with van der Waals surface area (Å²) in [6, 6.07) is 0. The van der Waals surface area contributed by atoms with Gasteiger partial charge in [0.25, 0.3) is 0 Å². The van der Waals surface area contributed by atoms with Crippen molar-refractivity contribution in [3.8, 4) is 55.6 Å². The zero-order valence-electron chi connectivity index (χ0n) is 43.1. The molecule has 95 heavy (non-hydrogen) atoms. The van der Waals surface area contributed by atoms with Gasteiger partial charge in [0.1, 0.15) is 34.2 Å². The molecule has 0 amide bonds. The Hall–Kier alpha value is -10.6. The standard InChI is InChI=1S/C55H2F35N5/c56-11-1(12(57)22(67)31(76)21(11)66)6-46-36(81)38(83)48(91-46)7(2-13(58)23(68)32(77)24(69)14(2)59)50-40(85)42(87)52(93-50)9(4-17(62)27(72)34(79)28(73)18(4)63)54-44(89)45(90)55(95-54)10(5-19(64)29(74)35(80)30(75)20(5)65)53-43(88)41(86)51(94-53)8(49-39(84)37(82)47(6)92-49)3-15(60)25(70)33(78)26(71)16(3)61/h91,94H. The van der Waals surface area contributed by atoms with Crippen molar-refractivity contribution < 1.29 is 154 Å². The van der Waals surface area contributed by atoms with E-state index in [1.54, 1.807) is 0 Å². The van der Waals surface area contributed by atoms with Crippen LogP contribution in [-0.2, 0) is 0 Å². The molecule has 0 spiro atoms. The van der Waals surface area contributed by atoms with E-state index in [0.29, 0.717) is 0 Å². The van der Waals surface area contributed by atoms with Crippen LogP contribution >= 0.6 is 0 Å². The molecule has 2 N–H and O–H groups in total. The molecule has 5 nitrogen and oxygen atoms in total. The lowest BCUT2D eigenvalue weighted by atomic mass is 9.99. The largest absolute Gasteiger partial charge is 0.349 e. The fourth-order valence-electron chi connectivity index (χ4n) is 9.76. The average Bonchev–Trinajstić information content (AvgIpc) is 1.59. The molecule has 40 heteroatoms. The maximum Gasteiger partial charge on any atom is 0.200 e. The Balaban J connectivity index is 1.61. The quantitative estimate of drug-likeness (QED) is 0.102. The number of hydrogen-bond acceptors (Lipinski definition) is 3. The Morgan fingerprint density at radius 3 is 0.389 bits per heavy atom. The number of nitrogens with zero attached hydrogens (tertiary/aromatic N) is 3. The number of H-pyrrole nitrogens is 2. The Morgan fingerprint density at radius 2 is 0.242 bits per heavy atom. The number of nitrogens with one attached hydrogen (secondary N) is 2. The van der Waals surface area contributed by atoms with Crippen LogP contribution in [0.4, 0.5) is 154 Å². The summed E-state index contributed by atoms with van der Waals surface area (Å²) in [5, 5.41) is 0. The van der Waals surface area contributed by atoms with Gasteiger partial charge in [0.05, 0.1) is 49.9 Å². The Labute approximate surface area is 493 Å². The molecule has 11 rings (SSSR count). The summed E-state index contributed by atoms with van der Waals surface area (Å²) in [5.74, 6) is -122. The summed E-state index contributed by atoms with van der Waals surface area (Å²) in [5.41, 5.74) is -61.4. The van der Waals surface area contributed by atoms with Gasteiger partial charge in [0, 0.05) is 27.8 Å². The van der Waals surface area contributed by atoms with E-state index < -0.39 is 316 Å². The Kier molecular flexibility index (Phi) is 15.5. The second-order valence-electron chi connectivity index (χ2n) is 18.9. The molecule has 10 bridgehead atoms. The number of aromatic amines is 2. The summed E-state index contributed by atoms with van der Waals surface area (Å²) in [6.07, 6.45) is 0. The van der Waals surface area contributed by atoms with Crippen molar-refractivity contribution in [1.29, 1.82) is 0 Å². The minimum absolute atomic E-state index is 0.876. The molecule has 0 radical (unpaired) electrons. The van der Waals surface area contributed by atoms with Gasteiger partial charge in [-0.05, 0) is 0 Å². The first kappa shape index (κ1) is 65.9. The highest BCUT2D eigenvalue weighted by molar-refractivity contribution is 6.06. The van der Waals surface area contributed by atoms with Crippen molar-refractivity contribution in [3.63, 3.8) is 0 Å². The van der Waals surface area contributed by atoms with Crippen LogP contribution in [0.2, 0.25) is 0 Å². The van der Waals surface area contributed by atoms with Gasteiger partial charge in [-0.3, -0.25) is 0 Å². The van der Waals surface area contributed by atoms with Gasteiger partial charge in [-0.25, -0.2) is 169 Å². The van der Waals surface area contributed by atoms with E-state index in [4.69, 9.17) is 0 Å². The molecule has 0 unspecified atom stereocenters. The smallest absolute Gasteiger partial charge is 0.200 e. The lowest BCUT2D eigenvalue weighted by molar-refractivity contribution is 0.381. The average molecular weight is 1400 g/mol. The molecule has 6 heterocycles. The monoisotopic (exact) mass is 1400 g/mol. The predicted molar refractivity (Wildman–Crippen MR) is 249 cm³/mol. The molecule has 3 aliphatic heterocycles. The highest BCUT2D eigenvalue weighted by Gasteiger charge is 2.44. The SMILES string of the molecule is FC1=C(F)c2nc1c(-c1c(F)c(F)c(F)c(F)c1F)c1nc(c(-c3c(F)c(F)c(F)c(F)c3F)c3[nH]c(c(F)c3F)c(-c3c(F)c(F)c(F)c(F)c3F)c3nc(c(-c4c(F)c(F)c(F)c(F)c4F)c4[nH]c(c(F)c4F)c2-c2c(F)c(F)c(F)c(F)c2F)C(F)=C3F)C(F)=C1F. The maximum atomic E-state index is 17.1. The zero-order chi connectivity index (χ0) is 70.3. The van der Waals surface area contributed by atoms with Gasteiger partial charge in [0.2, 0.25) is 29.1 Å². The molecule has 0 saturated heterocycles. The van der Waals surface area contributed by atoms with Crippen LogP contribution in [0.1, 0.15) is 34.2 Å². The normalized spacial score (nSPS) is 13.1. The van der Waals surface area contributed by atoms with E-state index in [-0.39, 0.29) is 0 Å². The molecule has 492 valence electrons. The van der Waals surface area contributed by atoms with Gasteiger partial charge >= 0.3 is 0 Å². The highest BCUT2D eigenvalue weighted by atomic mass is 19.2. The lowest BCUT2D eigenvalue weighted by Gasteiger charge is -2.12. The summed E-state index contributed by atoms with van der Waals surface area (Å²) in [7, 11) is 0. The summed E-state index contributed by atoms with van der Waals surface area (Å²) >= 11 is 0. The third kappa shape index (κ3) is 8.88. The van der Waals surface area contributed by atoms with E-state index in [2.05, 4.69) is 15.0 Å². The summed E-state index contributed by atoms with van der Waals surface area (Å²) in [6.45, 7) is 0. The zero-order valence-corrected chi connectivity index (χ0v) is 43.1. The summed E-state index contributed by atoms with van der Waals surface area (Å²) in [4.78, 5) is 10.0. The van der Waals surface area contributed by atoms with Crippen molar-refractivity contribution in [1.82, 2.24) is 24.9 Å². The van der Waals surface area contributed by atoms with Crippen LogP contribution < -0.4 is 0 Å². The molecule has 0 aliphatic carbocycles. The van der Waals surface area contributed by atoms with Gasteiger partial charge in [-0.1, -0.05) is 0 Å². The molecule has 8 aromatic rings. The third-order valence-corrected chi connectivity index (χ3v) is 14.0. The van der Waals surface area contributed by atoms with E-state index in [1.165, 1.54) is 0 Å². The summed E-state index contributed by atoms with van der Waals surface area (Å²) < 4.78 is 559. The molecular formula is C55H2F35N5. The van der Waals surface area contributed by atoms with E-state index in [1.807, 2.05) is 0 Å². The van der Waals surface area contributed by atoms with Crippen LogP contribution in [0.15, 0.2) is 0 Å². The number of aromatic nitrogens is 5. The third-order valence-electron chi connectivity index (χ3n) is 14.0. The van der Waals surface area contributed by atoms with Gasteiger partial charge in [-0.15, -0.1) is 0 Å². The van der Waals surface area contributed by atoms with Gasteiger partial charge in [0.15, 0.2) is 175 Å². The first-order valence-electron chi connectivity index (χ1n) is 24.0. The predicted octanol–water partition coefficient (Wildman–Crippen LogP) is 19.8. The van der Waals surface area contributed by atoms with Gasteiger partial charge in [-0.2, -0.15) is 0 Å². The number of halogens is 35. The number of rotatable bonds is 5. The van der Waals surface area contributed by atoms with Crippen molar-refractivity contribution in [3.05, 3.63) is 203 Å². The van der Waals surface area contributed by atoms with Crippen LogP contribution in [-0.4, -0.2) is 24.9 Å². The van der Waals surface area contributed by atoms with Crippen LogP contribution in [0.25, 0.3) is 113 Å². The number of fused-ring (bicyclic) bond motifs is 10. The molecule has 3 aromatic heterocycles. The van der Waals surface area contributed by atoms with E-state index in [9.17, 15) is 22.0 Å². The van der Waals surface area contributed by atoms with Crippen molar-refractivity contribution in [2.75, 3.05) is 0 Å². The second-order valence-corrected chi connectivity index (χ2v) is 18.9. The highest BCUT2D eigenvalue weighted by Crippen LogP contribution is 2.53.